The van der Waals surface area contributed by atoms with Gasteiger partial charge in [-0.05, 0) is 24.5 Å². The van der Waals surface area contributed by atoms with Crippen LogP contribution < -0.4 is 5.32 Å². The summed E-state index contributed by atoms with van der Waals surface area (Å²) in [6, 6.07) is 21.9. The van der Waals surface area contributed by atoms with Crippen molar-refractivity contribution in [3.8, 4) is 11.3 Å². The number of ether oxygens (including phenoxy) is 1. The smallest absolute Gasteiger partial charge is 0.231 e. The zero-order chi connectivity index (χ0) is 19.2. The highest BCUT2D eigenvalue weighted by Gasteiger charge is 2.41. The van der Waals surface area contributed by atoms with Crippen molar-refractivity contribution < 1.29 is 9.53 Å². The van der Waals surface area contributed by atoms with E-state index in [1.807, 2.05) is 66.7 Å². The van der Waals surface area contributed by atoms with Crippen LogP contribution in [0.1, 0.15) is 24.1 Å². The molecule has 1 aliphatic heterocycles. The van der Waals surface area contributed by atoms with Crippen molar-refractivity contribution >= 4 is 5.91 Å². The van der Waals surface area contributed by atoms with E-state index in [0.29, 0.717) is 32.6 Å². The average Bonchev–Trinajstić information content (AvgIpc) is 2.79. The van der Waals surface area contributed by atoms with Gasteiger partial charge in [-0.1, -0.05) is 60.7 Å². The summed E-state index contributed by atoms with van der Waals surface area (Å²) in [5.74, 6) is 0.0295. The summed E-state index contributed by atoms with van der Waals surface area (Å²) in [5, 5.41) is 3.10. The molecule has 1 fully saturated rings. The molecular weight excluding hydrogens is 350 g/mol. The fraction of sp³-hybridized carbons (Fsp3) is 0.261. The number of nitrogens with one attached hydrogen (secondary N) is 1. The van der Waals surface area contributed by atoms with Crippen LogP contribution in [0.5, 0.6) is 0 Å². The number of rotatable bonds is 5. The van der Waals surface area contributed by atoms with Gasteiger partial charge in [-0.15, -0.1) is 0 Å². The minimum Gasteiger partial charge on any atom is -0.381 e. The van der Waals surface area contributed by atoms with E-state index in [1.54, 1.807) is 6.33 Å². The lowest BCUT2D eigenvalue weighted by atomic mass is 9.73. The van der Waals surface area contributed by atoms with Gasteiger partial charge in [0.15, 0.2) is 0 Å². The first-order valence-corrected chi connectivity index (χ1v) is 9.56. The highest BCUT2D eigenvalue weighted by molar-refractivity contribution is 5.88. The summed E-state index contributed by atoms with van der Waals surface area (Å²) in [7, 11) is 0. The first-order valence-electron chi connectivity index (χ1n) is 9.56. The molecule has 1 aliphatic rings. The molecule has 0 atom stereocenters. The average molecular weight is 373 g/mol. The van der Waals surface area contributed by atoms with Crippen molar-refractivity contribution in [2.24, 2.45) is 0 Å². The third kappa shape index (κ3) is 3.80. The normalized spacial score (nSPS) is 15.7. The van der Waals surface area contributed by atoms with Gasteiger partial charge < -0.3 is 10.1 Å². The third-order valence-electron chi connectivity index (χ3n) is 5.33. The van der Waals surface area contributed by atoms with E-state index in [2.05, 4.69) is 15.3 Å². The highest BCUT2D eigenvalue weighted by atomic mass is 16.5. The molecule has 0 bridgehead atoms. The lowest BCUT2D eigenvalue weighted by Gasteiger charge is -2.36. The number of aromatic nitrogens is 2. The summed E-state index contributed by atoms with van der Waals surface area (Å²) in [5.41, 5.74) is 3.17. The van der Waals surface area contributed by atoms with Crippen LogP contribution in [0, 0.1) is 0 Å². The zero-order valence-corrected chi connectivity index (χ0v) is 15.7. The van der Waals surface area contributed by atoms with E-state index in [9.17, 15) is 4.79 Å². The molecule has 1 N–H and O–H groups in total. The molecule has 28 heavy (non-hydrogen) atoms. The first-order chi connectivity index (χ1) is 13.8. The fourth-order valence-electron chi connectivity index (χ4n) is 3.72. The summed E-state index contributed by atoms with van der Waals surface area (Å²) in [4.78, 5) is 21.9. The van der Waals surface area contributed by atoms with Crippen LogP contribution in [-0.2, 0) is 21.5 Å². The fourth-order valence-corrected chi connectivity index (χ4v) is 3.72. The summed E-state index contributed by atoms with van der Waals surface area (Å²) >= 11 is 0. The Hall–Kier alpha value is -3.05. The van der Waals surface area contributed by atoms with Gasteiger partial charge in [0.25, 0.3) is 0 Å². The molecule has 0 saturated carbocycles. The largest absolute Gasteiger partial charge is 0.381 e. The maximum atomic E-state index is 13.2. The van der Waals surface area contributed by atoms with Gasteiger partial charge in [0, 0.05) is 18.8 Å². The molecule has 2 heterocycles. The Labute approximate surface area is 164 Å². The lowest BCUT2D eigenvalue weighted by Crippen LogP contribution is -2.47. The van der Waals surface area contributed by atoms with E-state index in [4.69, 9.17) is 4.74 Å². The Morgan fingerprint density at radius 3 is 2.36 bits per heavy atom. The lowest BCUT2D eigenvalue weighted by molar-refractivity contribution is -0.130. The van der Waals surface area contributed by atoms with Crippen LogP contribution in [0.2, 0.25) is 0 Å². The molecule has 0 aliphatic carbocycles. The molecule has 0 unspecified atom stereocenters. The summed E-state index contributed by atoms with van der Waals surface area (Å²) < 4.78 is 5.52. The Kier molecular flexibility index (Phi) is 5.44. The van der Waals surface area contributed by atoms with Crippen LogP contribution in [0.3, 0.4) is 0 Å². The molecule has 0 radical (unpaired) electrons. The molecular formula is C23H23N3O2. The Bertz CT molecular complexity index is 923. The third-order valence-corrected chi connectivity index (χ3v) is 5.33. The van der Waals surface area contributed by atoms with Gasteiger partial charge in [-0.2, -0.15) is 0 Å². The molecule has 4 rings (SSSR count). The quantitative estimate of drug-likeness (QED) is 0.743. The van der Waals surface area contributed by atoms with E-state index >= 15 is 0 Å². The Morgan fingerprint density at radius 2 is 1.64 bits per heavy atom. The molecule has 1 saturated heterocycles. The van der Waals surface area contributed by atoms with Crippen LogP contribution >= 0.6 is 0 Å². The second-order valence-electron chi connectivity index (χ2n) is 7.00. The van der Waals surface area contributed by atoms with Gasteiger partial charge in [0.1, 0.15) is 6.33 Å². The van der Waals surface area contributed by atoms with Gasteiger partial charge in [0.05, 0.1) is 23.3 Å². The second-order valence-corrected chi connectivity index (χ2v) is 7.00. The molecule has 1 aromatic heterocycles. The van der Waals surface area contributed by atoms with E-state index in [1.165, 1.54) is 0 Å². The van der Waals surface area contributed by atoms with Crippen LogP contribution in [0.15, 0.2) is 73.1 Å². The number of nitrogens with zero attached hydrogens (tertiary/aromatic N) is 2. The Morgan fingerprint density at radius 1 is 0.964 bits per heavy atom. The summed E-state index contributed by atoms with van der Waals surface area (Å²) in [6.45, 7) is 1.55. The minimum atomic E-state index is -0.547. The highest BCUT2D eigenvalue weighted by Crippen LogP contribution is 2.35. The van der Waals surface area contributed by atoms with E-state index < -0.39 is 5.41 Å². The van der Waals surface area contributed by atoms with Gasteiger partial charge in [-0.25, -0.2) is 9.97 Å². The van der Waals surface area contributed by atoms with Gasteiger partial charge in [-0.3, -0.25) is 4.79 Å². The molecule has 5 nitrogen and oxygen atoms in total. The van der Waals surface area contributed by atoms with Crippen LogP contribution in [0.25, 0.3) is 11.3 Å². The molecule has 3 aromatic rings. The van der Waals surface area contributed by atoms with Gasteiger partial charge >= 0.3 is 0 Å². The maximum absolute atomic E-state index is 13.2. The van der Waals surface area contributed by atoms with Crippen molar-refractivity contribution in [1.82, 2.24) is 15.3 Å². The molecule has 1 amide bonds. The number of carbonyl (C=O) groups is 1. The number of carbonyl (C=O) groups excluding carboxylic acids is 1. The molecule has 2 aromatic carbocycles. The first kappa shape index (κ1) is 18.3. The van der Waals surface area contributed by atoms with Crippen molar-refractivity contribution in [3.63, 3.8) is 0 Å². The Balaban J connectivity index is 1.52. The van der Waals surface area contributed by atoms with E-state index in [-0.39, 0.29) is 5.91 Å². The number of hydrogen-bond acceptors (Lipinski definition) is 4. The molecule has 0 spiro atoms. The predicted molar refractivity (Wildman–Crippen MR) is 107 cm³/mol. The van der Waals surface area contributed by atoms with Crippen molar-refractivity contribution in [2.45, 2.75) is 24.8 Å². The van der Waals surface area contributed by atoms with Crippen LogP contribution in [0.4, 0.5) is 0 Å². The number of benzene rings is 2. The monoisotopic (exact) mass is 373 g/mol. The number of hydrogen-bond donors (Lipinski definition) is 1. The zero-order valence-electron chi connectivity index (χ0n) is 15.7. The van der Waals surface area contributed by atoms with E-state index in [0.717, 1.165) is 22.5 Å². The standard InChI is InChI=1S/C23H23N3O2/c27-22(23(11-13-28-14-12-23)19-9-5-2-6-10-19)24-16-20-15-21(26-17-25-20)18-7-3-1-4-8-18/h1-10,15,17H,11-14,16H2,(H,24,27). The van der Waals surface area contributed by atoms with Gasteiger partial charge in [0.2, 0.25) is 5.91 Å². The second kappa shape index (κ2) is 8.31. The molecule has 142 valence electrons. The topological polar surface area (TPSA) is 64.1 Å². The minimum absolute atomic E-state index is 0.0295. The van der Waals surface area contributed by atoms with Crippen molar-refractivity contribution in [2.75, 3.05) is 13.2 Å². The predicted octanol–water partition coefficient (Wildman–Crippen LogP) is 3.51. The summed E-state index contributed by atoms with van der Waals surface area (Å²) in [6.07, 6.45) is 2.91. The van der Waals surface area contributed by atoms with Crippen molar-refractivity contribution in [3.05, 3.63) is 84.3 Å². The molecule has 5 heteroatoms. The van der Waals surface area contributed by atoms with Crippen molar-refractivity contribution in [1.29, 1.82) is 0 Å². The SMILES string of the molecule is O=C(NCc1cc(-c2ccccc2)ncn1)C1(c2ccccc2)CCOCC1. The van der Waals surface area contributed by atoms with Crippen LogP contribution in [-0.4, -0.2) is 29.1 Å². The maximum Gasteiger partial charge on any atom is 0.231 e. The number of amides is 1.